The number of hydrogen-bond donors (Lipinski definition) is 0. The summed E-state index contributed by atoms with van der Waals surface area (Å²) >= 11 is 5.83. The molecule has 1 heterocycles. The first-order chi connectivity index (χ1) is 12.9. The fourth-order valence-electron chi connectivity index (χ4n) is 3.24. The van der Waals surface area contributed by atoms with E-state index in [2.05, 4.69) is 0 Å². The molecule has 140 valence electrons. The Morgan fingerprint density at radius 1 is 1.00 bits per heavy atom. The van der Waals surface area contributed by atoms with Crippen molar-refractivity contribution >= 4 is 34.9 Å². The Labute approximate surface area is 163 Å². The highest BCUT2D eigenvalue weighted by molar-refractivity contribution is 6.41. The number of carbonyl (C=O) groups is 3. The Kier molecular flexibility index (Phi) is 5.61. The van der Waals surface area contributed by atoms with E-state index in [1.165, 1.54) is 9.80 Å². The van der Waals surface area contributed by atoms with Crippen molar-refractivity contribution in [2.75, 3.05) is 24.5 Å². The summed E-state index contributed by atoms with van der Waals surface area (Å²) in [5.41, 5.74) is 3.37. The summed E-state index contributed by atoms with van der Waals surface area (Å²) in [4.78, 5) is 40.3. The number of anilines is 1. The van der Waals surface area contributed by atoms with Crippen LogP contribution >= 0.6 is 11.6 Å². The third-order valence-electron chi connectivity index (χ3n) is 4.73. The van der Waals surface area contributed by atoms with Crippen LogP contribution in [0.3, 0.4) is 0 Å². The second-order valence-corrected chi connectivity index (χ2v) is 7.16. The average molecular weight is 385 g/mol. The van der Waals surface area contributed by atoms with Crippen LogP contribution in [0.25, 0.3) is 0 Å². The van der Waals surface area contributed by atoms with E-state index in [1.54, 1.807) is 24.3 Å². The Bertz CT molecular complexity index is 893. The van der Waals surface area contributed by atoms with Crippen molar-refractivity contribution in [2.45, 2.75) is 20.3 Å². The highest BCUT2D eigenvalue weighted by Gasteiger charge is 2.33. The number of Topliss-reactive ketones (excluding diaryl/α,β-unsaturated/α-hetero) is 1. The molecule has 1 fully saturated rings. The van der Waals surface area contributed by atoms with E-state index in [4.69, 9.17) is 11.6 Å². The highest BCUT2D eigenvalue weighted by atomic mass is 35.5. The van der Waals surface area contributed by atoms with Gasteiger partial charge in [0.2, 0.25) is 0 Å². The number of aryl methyl sites for hydroxylation is 2. The molecule has 0 atom stereocenters. The Morgan fingerprint density at radius 3 is 2.37 bits per heavy atom. The average Bonchev–Trinajstić information content (AvgIpc) is 2.64. The van der Waals surface area contributed by atoms with Crippen LogP contribution in [0.1, 0.15) is 27.9 Å². The van der Waals surface area contributed by atoms with Crippen molar-refractivity contribution in [1.29, 1.82) is 0 Å². The maximum Gasteiger partial charge on any atom is 0.316 e. The van der Waals surface area contributed by atoms with E-state index in [0.717, 1.165) is 16.8 Å². The first kappa shape index (κ1) is 19.1. The molecule has 0 bridgehead atoms. The first-order valence-electron chi connectivity index (χ1n) is 8.83. The SMILES string of the molecule is Cc1ccc(N2CCN(CCC(=O)c3ccc(Cl)cc3)C(=O)C2=O)c(C)c1. The van der Waals surface area contributed by atoms with E-state index >= 15 is 0 Å². The van der Waals surface area contributed by atoms with E-state index in [1.807, 2.05) is 32.0 Å². The van der Waals surface area contributed by atoms with E-state index in [-0.39, 0.29) is 18.7 Å². The molecule has 1 saturated heterocycles. The number of piperazine rings is 1. The van der Waals surface area contributed by atoms with Gasteiger partial charge in [0, 0.05) is 42.3 Å². The van der Waals surface area contributed by atoms with Gasteiger partial charge < -0.3 is 9.80 Å². The minimum absolute atomic E-state index is 0.0799. The largest absolute Gasteiger partial charge is 0.332 e. The summed E-state index contributed by atoms with van der Waals surface area (Å²) in [6, 6.07) is 12.4. The molecule has 5 nitrogen and oxygen atoms in total. The lowest BCUT2D eigenvalue weighted by Gasteiger charge is -2.34. The van der Waals surface area contributed by atoms with Crippen molar-refractivity contribution in [3.63, 3.8) is 0 Å². The first-order valence-corrected chi connectivity index (χ1v) is 9.21. The van der Waals surface area contributed by atoms with Gasteiger partial charge in [-0.2, -0.15) is 0 Å². The summed E-state index contributed by atoms with van der Waals surface area (Å²) in [5.74, 6) is -1.19. The van der Waals surface area contributed by atoms with Crippen LogP contribution in [-0.4, -0.2) is 42.1 Å². The number of rotatable bonds is 5. The number of ketones is 1. The molecule has 2 aromatic carbocycles. The smallest absolute Gasteiger partial charge is 0.316 e. The number of benzene rings is 2. The van der Waals surface area contributed by atoms with Crippen molar-refractivity contribution < 1.29 is 14.4 Å². The van der Waals surface area contributed by atoms with Crippen LogP contribution < -0.4 is 4.90 Å². The predicted molar refractivity (Wildman–Crippen MR) is 105 cm³/mol. The number of amides is 2. The van der Waals surface area contributed by atoms with Gasteiger partial charge in [0.1, 0.15) is 0 Å². The Balaban J connectivity index is 1.63. The van der Waals surface area contributed by atoms with Crippen molar-refractivity contribution in [3.8, 4) is 0 Å². The fourth-order valence-corrected chi connectivity index (χ4v) is 3.37. The van der Waals surface area contributed by atoms with Gasteiger partial charge >= 0.3 is 11.8 Å². The molecular weight excluding hydrogens is 364 g/mol. The van der Waals surface area contributed by atoms with Crippen LogP contribution in [-0.2, 0) is 9.59 Å². The predicted octanol–water partition coefficient (Wildman–Crippen LogP) is 3.41. The van der Waals surface area contributed by atoms with Crippen molar-refractivity contribution in [1.82, 2.24) is 4.90 Å². The van der Waals surface area contributed by atoms with Gasteiger partial charge in [-0.05, 0) is 49.7 Å². The van der Waals surface area contributed by atoms with Crippen LogP contribution in [0.15, 0.2) is 42.5 Å². The number of nitrogens with zero attached hydrogens (tertiary/aromatic N) is 2. The lowest BCUT2D eigenvalue weighted by Crippen LogP contribution is -2.55. The fraction of sp³-hybridized carbons (Fsp3) is 0.286. The topological polar surface area (TPSA) is 57.7 Å². The minimum atomic E-state index is -0.565. The summed E-state index contributed by atoms with van der Waals surface area (Å²) in [5, 5.41) is 0.565. The maximum absolute atomic E-state index is 12.6. The van der Waals surface area contributed by atoms with Gasteiger partial charge in [0.15, 0.2) is 5.78 Å². The zero-order chi connectivity index (χ0) is 19.6. The molecule has 1 aliphatic heterocycles. The van der Waals surface area contributed by atoms with Gasteiger partial charge in [-0.25, -0.2) is 0 Å². The van der Waals surface area contributed by atoms with E-state index < -0.39 is 11.8 Å². The number of hydrogen-bond acceptors (Lipinski definition) is 3. The quantitative estimate of drug-likeness (QED) is 0.586. The summed E-state index contributed by atoms with van der Waals surface area (Å²) in [7, 11) is 0. The van der Waals surface area contributed by atoms with Gasteiger partial charge in [0.05, 0.1) is 0 Å². The molecule has 0 aliphatic carbocycles. The summed E-state index contributed by atoms with van der Waals surface area (Å²) in [6.45, 7) is 4.97. The second kappa shape index (κ2) is 7.92. The number of carbonyl (C=O) groups excluding carboxylic acids is 3. The molecule has 3 rings (SSSR count). The molecule has 0 aromatic heterocycles. The monoisotopic (exact) mass is 384 g/mol. The molecule has 0 saturated carbocycles. The number of halogens is 1. The molecule has 0 N–H and O–H groups in total. The standard InChI is InChI=1S/C21H21ClN2O3/c1-14-3-8-18(15(2)13-14)24-12-11-23(20(26)21(24)27)10-9-19(25)16-4-6-17(22)7-5-16/h3-8,13H,9-12H2,1-2H3. The molecule has 6 heteroatoms. The van der Waals surface area contributed by atoms with Crippen LogP contribution in [0.4, 0.5) is 5.69 Å². The van der Waals surface area contributed by atoms with E-state index in [0.29, 0.717) is 23.7 Å². The maximum atomic E-state index is 12.6. The summed E-state index contributed by atoms with van der Waals surface area (Å²) < 4.78 is 0. The molecule has 1 aliphatic rings. The van der Waals surface area contributed by atoms with E-state index in [9.17, 15) is 14.4 Å². The molecule has 27 heavy (non-hydrogen) atoms. The third-order valence-corrected chi connectivity index (χ3v) is 4.98. The van der Waals surface area contributed by atoms with Crippen LogP contribution in [0.5, 0.6) is 0 Å². The normalized spacial score (nSPS) is 14.6. The second-order valence-electron chi connectivity index (χ2n) is 6.72. The summed E-state index contributed by atoms with van der Waals surface area (Å²) in [6.07, 6.45) is 0.171. The third kappa shape index (κ3) is 4.19. The van der Waals surface area contributed by atoms with Gasteiger partial charge in [-0.3, -0.25) is 14.4 Å². The van der Waals surface area contributed by atoms with Crippen LogP contribution in [0, 0.1) is 13.8 Å². The lowest BCUT2D eigenvalue weighted by molar-refractivity contribution is -0.146. The Morgan fingerprint density at radius 2 is 1.70 bits per heavy atom. The van der Waals surface area contributed by atoms with Crippen LogP contribution in [0.2, 0.25) is 5.02 Å². The molecule has 0 spiro atoms. The van der Waals surface area contributed by atoms with Crippen molar-refractivity contribution in [3.05, 3.63) is 64.2 Å². The lowest BCUT2D eigenvalue weighted by atomic mass is 10.1. The highest BCUT2D eigenvalue weighted by Crippen LogP contribution is 2.23. The van der Waals surface area contributed by atoms with Gasteiger partial charge in [-0.1, -0.05) is 29.3 Å². The molecule has 0 unspecified atom stereocenters. The Hall–Kier alpha value is -2.66. The van der Waals surface area contributed by atoms with Gasteiger partial charge in [-0.15, -0.1) is 0 Å². The van der Waals surface area contributed by atoms with Gasteiger partial charge in [0.25, 0.3) is 0 Å². The minimum Gasteiger partial charge on any atom is -0.332 e. The molecule has 0 radical (unpaired) electrons. The molecular formula is C21H21ClN2O3. The zero-order valence-corrected chi connectivity index (χ0v) is 16.1. The molecule has 2 amide bonds. The van der Waals surface area contributed by atoms with Crippen molar-refractivity contribution in [2.24, 2.45) is 0 Å². The zero-order valence-electron chi connectivity index (χ0n) is 15.4. The molecule has 2 aromatic rings.